The summed E-state index contributed by atoms with van der Waals surface area (Å²) in [5, 5.41) is 0.703. The van der Waals surface area contributed by atoms with Gasteiger partial charge < -0.3 is 9.64 Å². The van der Waals surface area contributed by atoms with Gasteiger partial charge >= 0.3 is 5.97 Å². The van der Waals surface area contributed by atoms with Gasteiger partial charge in [-0.25, -0.2) is 4.98 Å². The number of fused-ring (bicyclic) bond motifs is 3. The Balaban J connectivity index is 1.50. The number of aryl methyl sites for hydroxylation is 2. The van der Waals surface area contributed by atoms with Crippen LogP contribution in [0.2, 0.25) is 0 Å². The van der Waals surface area contributed by atoms with E-state index in [-0.39, 0.29) is 29.9 Å². The number of carbonyl (C=O) groups is 2. The molecule has 0 radical (unpaired) electrons. The Morgan fingerprint density at radius 2 is 2.00 bits per heavy atom. The van der Waals surface area contributed by atoms with Crippen LogP contribution in [0.15, 0.2) is 11.1 Å². The van der Waals surface area contributed by atoms with E-state index in [9.17, 15) is 14.4 Å². The molecule has 0 bridgehead atoms. The highest BCUT2D eigenvalue weighted by Gasteiger charge is 2.28. The minimum absolute atomic E-state index is 0.00468. The van der Waals surface area contributed by atoms with Crippen LogP contribution in [0.3, 0.4) is 0 Å². The van der Waals surface area contributed by atoms with Crippen molar-refractivity contribution in [1.29, 1.82) is 0 Å². The summed E-state index contributed by atoms with van der Waals surface area (Å²) in [6.07, 6.45) is 6.89. The molecule has 2 aromatic heterocycles. The van der Waals surface area contributed by atoms with Crippen LogP contribution >= 0.6 is 11.3 Å². The fourth-order valence-electron chi connectivity index (χ4n) is 4.07. The van der Waals surface area contributed by atoms with Gasteiger partial charge in [0.15, 0.2) is 0 Å². The maximum absolute atomic E-state index is 13.0. The summed E-state index contributed by atoms with van der Waals surface area (Å²) in [5.74, 6) is -0.460. The SMILES string of the molecule is COC(=O)C1CCN(C(=O)Cn2cnc3sc4c(c3c2=O)CCCC4)CC1. The van der Waals surface area contributed by atoms with Gasteiger partial charge in [-0.15, -0.1) is 11.3 Å². The molecule has 2 aliphatic rings. The maximum Gasteiger partial charge on any atom is 0.308 e. The molecule has 0 saturated carbocycles. The van der Waals surface area contributed by atoms with Crippen LogP contribution in [-0.2, 0) is 33.7 Å². The van der Waals surface area contributed by atoms with Gasteiger partial charge in [-0.2, -0.15) is 0 Å². The Morgan fingerprint density at radius 3 is 2.74 bits per heavy atom. The average molecular weight is 389 g/mol. The molecular weight excluding hydrogens is 366 g/mol. The van der Waals surface area contributed by atoms with Gasteiger partial charge in [0, 0.05) is 18.0 Å². The molecule has 0 spiro atoms. The van der Waals surface area contributed by atoms with Gasteiger partial charge in [0.05, 0.1) is 24.7 Å². The van der Waals surface area contributed by atoms with Crippen LogP contribution in [0.4, 0.5) is 0 Å². The number of amides is 1. The number of hydrogen-bond acceptors (Lipinski definition) is 6. The lowest BCUT2D eigenvalue weighted by atomic mass is 9.97. The maximum atomic E-state index is 13.0. The zero-order valence-electron chi connectivity index (χ0n) is 15.4. The van der Waals surface area contributed by atoms with Crippen molar-refractivity contribution in [1.82, 2.24) is 14.5 Å². The van der Waals surface area contributed by atoms with E-state index >= 15 is 0 Å². The van der Waals surface area contributed by atoms with Crippen molar-refractivity contribution in [2.75, 3.05) is 20.2 Å². The van der Waals surface area contributed by atoms with Crippen LogP contribution in [0.5, 0.6) is 0 Å². The van der Waals surface area contributed by atoms with E-state index in [2.05, 4.69) is 4.98 Å². The number of ether oxygens (including phenoxy) is 1. The van der Waals surface area contributed by atoms with E-state index in [1.807, 2.05) is 0 Å². The van der Waals surface area contributed by atoms with Crippen molar-refractivity contribution in [3.8, 4) is 0 Å². The number of piperidine rings is 1. The largest absolute Gasteiger partial charge is 0.469 e. The number of methoxy groups -OCH3 is 1. The molecule has 4 rings (SSSR count). The topological polar surface area (TPSA) is 81.5 Å². The van der Waals surface area contributed by atoms with E-state index in [1.54, 1.807) is 16.2 Å². The summed E-state index contributed by atoms with van der Waals surface area (Å²) in [5.41, 5.74) is 1.02. The third kappa shape index (κ3) is 3.38. The molecule has 7 nitrogen and oxygen atoms in total. The summed E-state index contributed by atoms with van der Waals surface area (Å²) in [4.78, 5) is 45.5. The summed E-state index contributed by atoms with van der Waals surface area (Å²) in [6.45, 7) is 1.02. The van der Waals surface area contributed by atoms with Crippen LogP contribution in [0, 0.1) is 5.92 Å². The standard InChI is InChI=1S/C19H23N3O4S/c1-26-19(25)12-6-8-21(9-7-12)15(23)10-22-11-20-17-16(18(22)24)13-4-2-3-5-14(13)27-17/h11-12H,2-10H2,1H3. The Kier molecular flexibility index (Phi) is 4.99. The second-order valence-electron chi connectivity index (χ2n) is 7.25. The van der Waals surface area contributed by atoms with Gasteiger partial charge in [-0.3, -0.25) is 19.0 Å². The average Bonchev–Trinajstić information content (AvgIpc) is 3.09. The Morgan fingerprint density at radius 1 is 1.26 bits per heavy atom. The summed E-state index contributed by atoms with van der Waals surface area (Å²) < 4.78 is 6.21. The lowest BCUT2D eigenvalue weighted by Gasteiger charge is -2.30. The molecule has 1 aliphatic heterocycles. The first kappa shape index (κ1) is 18.2. The normalized spacial score (nSPS) is 17.7. The first-order valence-corrected chi connectivity index (χ1v) is 10.3. The van der Waals surface area contributed by atoms with Gasteiger partial charge in [0.2, 0.25) is 5.91 Å². The molecule has 0 unspecified atom stereocenters. The van der Waals surface area contributed by atoms with E-state index in [1.165, 1.54) is 22.9 Å². The number of nitrogens with zero attached hydrogens (tertiary/aromatic N) is 3. The molecule has 1 amide bonds. The van der Waals surface area contributed by atoms with Gasteiger partial charge in [0.1, 0.15) is 11.4 Å². The second-order valence-corrected chi connectivity index (χ2v) is 8.33. The van der Waals surface area contributed by atoms with Crippen molar-refractivity contribution < 1.29 is 14.3 Å². The van der Waals surface area contributed by atoms with E-state index in [0.717, 1.165) is 36.1 Å². The molecule has 2 aromatic rings. The minimum atomic E-state index is -0.213. The summed E-state index contributed by atoms with van der Waals surface area (Å²) in [6, 6.07) is 0. The quantitative estimate of drug-likeness (QED) is 0.747. The summed E-state index contributed by atoms with van der Waals surface area (Å²) >= 11 is 1.61. The molecule has 0 N–H and O–H groups in total. The lowest BCUT2D eigenvalue weighted by Crippen LogP contribution is -2.43. The van der Waals surface area contributed by atoms with E-state index in [4.69, 9.17) is 4.74 Å². The lowest BCUT2D eigenvalue weighted by molar-refractivity contribution is -0.149. The monoisotopic (exact) mass is 389 g/mol. The third-order valence-corrected chi connectivity index (χ3v) is 6.83. The number of aromatic nitrogens is 2. The van der Waals surface area contributed by atoms with E-state index < -0.39 is 0 Å². The zero-order chi connectivity index (χ0) is 19.0. The van der Waals surface area contributed by atoms with Crippen molar-refractivity contribution in [2.24, 2.45) is 5.92 Å². The number of likely N-dealkylation sites (tertiary alicyclic amines) is 1. The Bertz CT molecular complexity index is 940. The van der Waals surface area contributed by atoms with Crippen LogP contribution in [0.25, 0.3) is 10.2 Å². The second kappa shape index (κ2) is 7.42. The van der Waals surface area contributed by atoms with Crippen LogP contribution in [0.1, 0.15) is 36.1 Å². The molecule has 0 aromatic carbocycles. The molecule has 144 valence electrons. The number of thiophene rings is 1. The predicted octanol–water partition coefficient (Wildman–Crippen LogP) is 1.75. The molecule has 1 saturated heterocycles. The van der Waals surface area contributed by atoms with Crippen LogP contribution in [-0.4, -0.2) is 46.5 Å². The highest BCUT2D eigenvalue weighted by Crippen LogP contribution is 2.33. The highest BCUT2D eigenvalue weighted by atomic mass is 32.1. The molecule has 1 aliphatic carbocycles. The minimum Gasteiger partial charge on any atom is -0.469 e. The molecule has 1 fully saturated rings. The number of hydrogen-bond donors (Lipinski definition) is 0. The van der Waals surface area contributed by atoms with Crippen molar-refractivity contribution in [2.45, 2.75) is 45.1 Å². The highest BCUT2D eigenvalue weighted by molar-refractivity contribution is 7.18. The van der Waals surface area contributed by atoms with Crippen molar-refractivity contribution in [3.05, 3.63) is 27.1 Å². The molecule has 27 heavy (non-hydrogen) atoms. The van der Waals surface area contributed by atoms with E-state index in [0.29, 0.717) is 31.3 Å². The smallest absolute Gasteiger partial charge is 0.308 e. The molecule has 8 heteroatoms. The van der Waals surface area contributed by atoms with Crippen molar-refractivity contribution in [3.63, 3.8) is 0 Å². The first-order chi connectivity index (χ1) is 13.1. The van der Waals surface area contributed by atoms with Crippen molar-refractivity contribution >= 4 is 33.4 Å². The number of carbonyl (C=O) groups excluding carboxylic acids is 2. The summed E-state index contributed by atoms with van der Waals surface area (Å²) in [7, 11) is 1.39. The van der Waals surface area contributed by atoms with Crippen LogP contribution < -0.4 is 5.56 Å². The van der Waals surface area contributed by atoms with Gasteiger partial charge in [0.25, 0.3) is 5.56 Å². The fourth-order valence-corrected chi connectivity index (χ4v) is 5.29. The molecule has 0 atom stereocenters. The molecular formula is C19H23N3O4S. The number of esters is 1. The Labute approximate surface area is 160 Å². The van der Waals surface area contributed by atoms with Gasteiger partial charge in [-0.1, -0.05) is 0 Å². The first-order valence-electron chi connectivity index (χ1n) is 9.43. The zero-order valence-corrected chi connectivity index (χ0v) is 16.2. The third-order valence-electron chi connectivity index (χ3n) is 5.63. The predicted molar refractivity (Wildman–Crippen MR) is 102 cm³/mol. The number of rotatable bonds is 3. The van der Waals surface area contributed by atoms with Gasteiger partial charge in [-0.05, 0) is 44.1 Å². The molecule has 3 heterocycles. The fraction of sp³-hybridized carbons (Fsp3) is 0.579. The Hall–Kier alpha value is -2.22.